The molecule has 0 radical (unpaired) electrons. The number of benzene rings is 1. The van der Waals surface area contributed by atoms with Crippen molar-refractivity contribution in [2.75, 3.05) is 13.1 Å². The monoisotopic (exact) mass is 445 g/mol. The van der Waals surface area contributed by atoms with Crippen molar-refractivity contribution < 1.29 is 14.3 Å². The molecule has 0 bridgehead atoms. The van der Waals surface area contributed by atoms with Crippen LogP contribution >= 0.6 is 0 Å². The predicted molar refractivity (Wildman–Crippen MR) is 129 cm³/mol. The van der Waals surface area contributed by atoms with Gasteiger partial charge in [-0.25, -0.2) is 4.79 Å². The van der Waals surface area contributed by atoms with Gasteiger partial charge in [0.1, 0.15) is 5.60 Å². The second kappa shape index (κ2) is 13.5. The van der Waals surface area contributed by atoms with Gasteiger partial charge in [0, 0.05) is 19.1 Å². The van der Waals surface area contributed by atoms with Crippen molar-refractivity contribution in [3.63, 3.8) is 0 Å². The van der Waals surface area contributed by atoms with Gasteiger partial charge in [-0.05, 0) is 58.4 Å². The molecule has 3 N–H and O–H groups in total. The van der Waals surface area contributed by atoms with E-state index in [1.54, 1.807) is 0 Å². The first-order valence-electron chi connectivity index (χ1n) is 12.3. The number of nitrogens with one attached hydrogen (secondary N) is 1. The van der Waals surface area contributed by atoms with Gasteiger partial charge < -0.3 is 20.7 Å². The minimum Gasteiger partial charge on any atom is -0.444 e. The van der Waals surface area contributed by atoms with E-state index in [-0.39, 0.29) is 12.0 Å². The fourth-order valence-corrected chi connectivity index (χ4v) is 4.30. The highest BCUT2D eigenvalue weighted by Crippen LogP contribution is 2.24. The fourth-order valence-electron chi connectivity index (χ4n) is 4.30. The SMILES string of the molecule is CC(C)(C)OC(=O)NCCCCCCN(C(=O)[C@@H](N)Cc1ccccc1)C1CCCCC1. The van der Waals surface area contributed by atoms with Crippen molar-refractivity contribution >= 4 is 12.0 Å². The maximum Gasteiger partial charge on any atom is 0.407 e. The van der Waals surface area contributed by atoms with Crippen LogP contribution in [-0.4, -0.2) is 47.7 Å². The van der Waals surface area contributed by atoms with Gasteiger partial charge in [0.15, 0.2) is 0 Å². The third-order valence-corrected chi connectivity index (χ3v) is 5.91. The van der Waals surface area contributed by atoms with Crippen LogP contribution in [0.4, 0.5) is 4.79 Å². The molecular weight excluding hydrogens is 402 g/mol. The first-order chi connectivity index (χ1) is 15.3. The van der Waals surface area contributed by atoms with E-state index >= 15 is 0 Å². The van der Waals surface area contributed by atoms with Crippen molar-refractivity contribution in [2.24, 2.45) is 5.73 Å². The van der Waals surface area contributed by atoms with Gasteiger partial charge in [-0.3, -0.25) is 4.79 Å². The van der Waals surface area contributed by atoms with Crippen molar-refractivity contribution in [3.8, 4) is 0 Å². The second-order valence-corrected chi connectivity index (χ2v) is 9.96. The summed E-state index contributed by atoms with van der Waals surface area (Å²) in [6.07, 6.45) is 9.96. The lowest BCUT2D eigenvalue weighted by Gasteiger charge is -2.36. The van der Waals surface area contributed by atoms with Crippen molar-refractivity contribution in [1.82, 2.24) is 10.2 Å². The molecule has 0 aliphatic heterocycles. The number of hydrogen-bond acceptors (Lipinski definition) is 4. The van der Waals surface area contributed by atoms with Crippen LogP contribution in [0.15, 0.2) is 30.3 Å². The quantitative estimate of drug-likeness (QED) is 0.479. The summed E-state index contributed by atoms with van der Waals surface area (Å²) in [5.74, 6) is 0.0901. The average molecular weight is 446 g/mol. The summed E-state index contributed by atoms with van der Waals surface area (Å²) >= 11 is 0. The van der Waals surface area contributed by atoms with Gasteiger partial charge in [0.25, 0.3) is 0 Å². The molecule has 1 fully saturated rings. The smallest absolute Gasteiger partial charge is 0.407 e. The van der Waals surface area contributed by atoms with Gasteiger partial charge in [-0.15, -0.1) is 0 Å². The van der Waals surface area contributed by atoms with Crippen LogP contribution in [-0.2, 0) is 16.0 Å². The average Bonchev–Trinajstić information content (AvgIpc) is 2.75. The molecule has 0 heterocycles. The highest BCUT2D eigenvalue weighted by molar-refractivity contribution is 5.82. The molecule has 1 atom stereocenters. The molecule has 0 spiro atoms. The van der Waals surface area contributed by atoms with Gasteiger partial charge in [-0.2, -0.15) is 0 Å². The third-order valence-electron chi connectivity index (χ3n) is 5.91. The molecule has 2 rings (SSSR count). The Hall–Kier alpha value is -2.08. The van der Waals surface area contributed by atoms with Gasteiger partial charge in [0.05, 0.1) is 6.04 Å². The molecule has 1 aliphatic carbocycles. The standard InChI is InChI=1S/C26H43N3O3/c1-26(2,3)32-25(31)28-18-12-4-5-13-19-29(22-16-10-7-11-17-22)24(30)23(27)20-21-14-8-6-9-15-21/h6,8-9,14-15,22-23H,4-5,7,10-13,16-20,27H2,1-3H3,(H,28,31)/t23-/m0/s1. The minimum atomic E-state index is -0.489. The number of hydrogen-bond donors (Lipinski definition) is 2. The lowest BCUT2D eigenvalue weighted by Crippen LogP contribution is -2.50. The first kappa shape index (κ1) is 26.2. The number of carbonyl (C=O) groups is 2. The van der Waals surface area contributed by atoms with Crippen molar-refractivity contribution in [1.29, 1.82) is 0 Å². The summed E-state index contributed by atoms with van der Waals surface area (Å²) < 4.78 is 5.25. The van der Waals surface area contributed by atoms with Gasteiger partial charge >= 0.3 is 6.09 Å². The number of alkyl carbamates (subject to hydrolysis) is 1. The molecule has 1 aromatic rings. The van der Waals surface area contributed by atoms with E-state index < -0.39 is 11.6 Å². The molecule has 0 saturated heterocycles. The summed E-state index contributed by atoms with van der Waals surface area (Å²) in [5, 5.41) is 2.80. The number of unbranched alkanes of at least 4 members (excludes halogenated alkanes) is 3. The maximum absolute atomic E-state index is 13.2. The summed E-state index contributed by atoms with van der Waals surface area (Å²) in [6, 6.07) is 9.86. The van der Waals surface area contributed by atoms with Crippen LogP contribution in [0.5, 0.6) is 0 Å². The highest BCUT2D eigenvalue weighted by Gasteiger charge is 2.28. The number of carbonyl (C=O) groups excluding carboxylic acids is 2. The topological polar surface area (TPSA) is 84.7 Å². The van der Waals surface area contributed by atoms with E-state index in [2.05, 4.69) is 10.2 Å². The predicted octanol–water partition coefficient (Wildman–Crippen LogP) is 4.80. The Kier molecular flexibility index (Phi) is 11.0. The Morgan fingerprint density at radius 2 is 1.72 bits per heavy atom. The Labute approximate surface area is 194 Å². The van der Waals surface area contributed by atoms with E-state index in [9.17, 15) is 9.59 Å². The summed E-state index contributed by atoms with van der Waals surface area (Å²) in [6.45, 7) is 6.96. The van der Waals surface area contributed by atoms with Crippen LogP contribution in [0.25, 0.3) is 0 Å². The van der Waals surface area contributed by atoms with Crippen molar-refractivity contribution in [3.05, 3.63) is 35.9 Å². The van der Waals surface area contributed by atoms with E-state index in [1.807, 2.05) is 51.1 Å². The molecule has 0 aromatic heterocycles. The lowest BCUT2D eigenvalue weighted by molar-refractivity contribution is -0.135. The zero-order valence-corrected chi connectivity index (χ0v) is 20.3. The highest BCUT2D eigenvalue weighted by atomic mass is 16.6. The second-order valence-electron chi connectivity index (χ2n) is 9.96. The molecule has 2 amide bonds. The lowest BCUT2D eigenvalue weighted by atomic mass is 9.93. The van der Waals surface area contributed by atoms with Crippen LogP contribution in [0.2, 0.25) is 0 Å². The molecule has 6 heteroatoms. The summed E-state index contributed by atoms with van der Waals surface area (Å²) in [5.41, 5.74) is 6.99. The summed E-state index contributed by atoms with van der Waals surface area (Å²) in [7, 11) is 0. The number of amides is 2. The molecule has 6 nitrogen and oxygen atoms in total. The first-order valence-corrected chi connectivity index (χ1v) is 12.3. The van der Waals surface area contributed by atoms with Crippen LogP contribution in [0.1, 0.15) is 84.1 Å². The normalized spacial score (nSPS) is 15.8. The number of nitrogens with two attached hydrogens (primary N) is 1. The van der Waals surface area contributed by atoms with E-state index in [1.165, 1.54) is 19.3 Å². The van der Waals surface area contributed by atoms with E-state index in [0.717, 1.165) is 50.6 Å². The van der Waals surface area contributed by atoms with E-state index in [4.69, 9.17) is 10.5 Å². The number of rotatable bonds is 11. The Morgan fingerprint density at radius 3 is 2.38 bits per heavy atom. The zero-order valence-electron chi connectivity index (χ0n) is 20.3. The van der Waals surface area contributed by atoms with E-state index in [0.29, 0.717) is 19.0 Å². The van der Waals surface area contributed by atoms with Crippen LogP contribution in [0.3, 0.4) is 0 Å². The third kappa shape index (κ3) is 10.0. The zero-order chi connectivity index (χ0) is 23.4. The molecule has 0 unspecified atom stereocenters. The van der Waals surface area contributed by atoms with Crippen molar-refractivity contribution in [2.45, 2.75) is 103 Å². The number of ether oxygens (including phenoxy) is 1. The fraction of sp³-hybridized carbons (Fsp3) is 0.692. The molecule has 180 valence electrons. The Morgan fingerprint density at radius 1 is 1.06 bits per heavy atom. The maximum atomic E-state index is 13.2. The largest absolute Gasteiger partial charge is 0.444 e. The van der Waals surface area contributed by atoms with Gasteiger partial charge in [-0.1, -0.05) is 62.4 Å². The number of nitrogens with zero attached hydrogens (tertiary/aromatic N) is 1. The minimum absolute atomic E-state index is 0.0901. The Bertz CT molecular complexity index is 681. The molecule has 1 aliphatic rings. The molecule has 32 heavy (non-hydrogen) atoms. The molecular formula is C26H43N3O3. The van der Waals surface area contributed by atoms with Gasteiger partial charge in [0.2, 0.25) is 5.91 Å². The Balaban J connectivity index is 1.75. The summed E-state index contributed by atoms with van der Waals surface area (Å²) in [4.78, 5) is 27.0. The van der Waals surface area contributed by atoms with Crippen LogP contribution < -0.4 is 11.1 Å². The molecule has 1 aromatic carbocycles. The molecule has 1 saturated carbocycles. The van der Waals surface area contributed by atoms with Crippen LogP contribution in [0, 0.1) is 0 Å².